The van der Waals surface area contributed by atoms with E-state index in [1.807, 2.05) is 20.8 Å². The van der Waals surface area contributed by atoms with Gasteiger partial charge in [-0.25, -0.2) is 18.0 Å². The number of ether oxygens (including phenoxy) is 1. The van der Waals surface area contributed by atoms with Crippen LogP contribution in [-0.4, -0.2) is 32.6 Å². The van der Waals surface area contributed by atoms with E-state index in [9.17, 15) is 23.1 Å². The van der Waals surface area contributed by atoms with Crippen molar-refractivity contribution in [3.63, 3.8) is 0 Å². The standard InChI is InChI=1S/C25H23NO7S/c1-25(2,3)22-20(24(29)32-4)18-13-19(16-10-5-6-11-17(16)21(18)33-22)26-34(30,31)15-9-7-8-14(12-15)23(27)28/h5-13,26H,1-4H3,(H,27,28). The first-order chi connectivity index (χ1) is 15.9. The van der Waals surface area contributed by atoms with Gasteiger partial charge in [-0.2, -0.15) is 0 Å². The lowest BCUT2D eigenvalue weighted by Gasteiger charge is -2.16. The molecule has 3 aromatic carbocycles. The maximum atomic E-state index is 13.2. The molecule has 2 N–H and O–H groups in total. The number of carbonyl (C=O) groups excluding carboxylic acids is 1. The Morgan fingerprint density at radius 2 is 1.65 bits per heavy atom. The van der Waals surface area contributed by atoms with Gasteiger partial charge < -0.3 is 14.3 Å². The summed E-state index contributed by atoms with van der Waals surface area (Å²) in [5.41, 5.74) is 0.206. The van der Waals surface area contributed by atoms with Gasteiger partial charge >= 0.3 is 11.9 Å². The number of carboxylic acid groups (broad SMARTS) is 1. The minimum absolute atomic E-state index is 0.152. The molecule has 1 aromatic heterocycles. The number of hydrogen-bond acceptors (Lipinski definition) is 6. The molecule has 0 fully saturated rings. The van der Waals surface area contributed by atoms with Crippen molar-refractivity contribution in [1.29, 1.82) is 0 Å². The molecule has 0 aliphatic rings. The molecule has 176 valence electrons. The van der Waals surface area contributed by atoms with E-state index in [4.69, 9.17) is 9.15 Å². The minimum atomic E-state index is -4.15. The van der Waals surface area contributed by atoms with E-state index in [1.54, 1.807) is 30.3 Å². The third-order valence-corrected chi connectivity index (χ3v) is 6.77. The number of carboxylic acids is 1. The number of benzene rings is 3. The monoisotopic (exact) mass is 481 g/mol. The maximum absolute atomic E-state index is 13.2. The van der Waals surface area contributed by atoms with E-state index in [2.05, 4.69) is 4.72 Å². The zero-order chi connectivity index (χ0) is 24.8. The van der Waals surface area contributed by atoms with Crippen molar-refractivity contribution in [2.24, 2.45) is 0 Å². The van der Waals surface area contributed by atoms with Crippen LogP contribution in [0, 0.1) is 0 Å². The van der Waals surface area contributed by atoms with Crippen molar-refractivity contribution in [1.82, 2.24) is 0 Å². The lowest BCUT2D eigenvalue weighted by atomic mass is 9.89. The average molecular weight is 482 g/mol. The molecule has 0 bridgehead atoms. The summed E-state index contributed by atoms with van der Waals surface area (Å²) < 4.78 is 40.1. The van der Waals surface area contributed by atoms with E-state index in [-0.39, 0.29) is 21.7 Å². The zero-order valence-corrected chi connectivity index (χ0v) is 19.8. The molecule has 4 aromatic rings. The normalized spacial score (nSPS) is 12.1. The fourth-order valence-electron chi connectivity index (χ4n) is 3.84. The van der Waals surface area contributed by atoms with Crippen LogP contribution in [0.1, 0.15) is 47.2 Å². The Balaban J connectivity index is 1.99. The molecule has 0 amide bonds. The van der Waals surface area contributed by atoms with E-state index in [1.165, 1.54) is 25.3 Å². The summed E-state index contributed by atoms with van der Waals surface area (Å²) in [6.07, 6.45) is 0. The van der Waals surface area contributed by atoms with Gasteiger partial charge in [0.15, 0.2) is 0 Å². The summed E-state index contributed by atoms with van der Waals surface area (Å²) in [4.78, 5) is 23.8. The van der Waals surface area contributed by atoms with Crippen molar-refractivity contribution in [2.45, 2.75) is 31.1 Å². The molecule has 1 heterocycles. The third kappa shape index (κ3) is 3.99. The number of methoxy groups -OCH3 is 1. The summed E-state index contributed by atoms with van der Waals surface area (Å²) in [6, 6.07) is 13.7. The Hall–Kier alpha value is -3.85. The van der Waals surface area contributed by atoms with Crippen LogP contribution >= 0.6 is 0 Å². The van der Waals surface area contributed by atoms with Crippen LogP contribution in [0.25, 0.3) is 21.7 Å². The van der Waals surface area contributed by atoms with Gasteiger partial charge in [0.25, 0.3) is 10.0 Å². The van der Waals surface area contributed by atoms with Gasteiger partial charge in [-0.1, -0.05) is 51.1 Å². The van der Waals surface area contributed by atoms with Gasteiger partial charge in [-0.05, 0) is 24.3 Å². The van der Waals surface area contributed by atoms with Crippen LogP contribution in [0.5, 0.6) is 0 Å². The molecule has 0 saturated carbocycles. The Labute approximate surface area is 196 Å². The second-order valence-electron chi connectivity index (χ2n) is 8.83. The van der Waals surface area contributed by atoms with Crippen molar-refractivity contribution in [3.05, 3.63) is 71.5 Å². The first-order valence-corrected chi connectivity index (χ1v) is 11.9. The Kier molecular flexibility index (Phi) is 5.61. The summed E-state index contributed by atoms with van der Waals surface area (Å²) in [7, 11) is -2.88. The summed E-state index contributed by atoms with van der Waals surface area (Å²) >= 11 is 0. The fourth-order valence-corrected chi connectivity index (χ4v) is 4.95. The summed E-state index contributed by atoms with van der Waals surface area (Å²) in [6.45, 7) is 5.70. The average Bonchev–Trinajstić information content (AvgIpc) is 3.19. The summed E-state index contributed by atoms with van der Waals surface area (Å²) in [5, 5.41) is 10.8. The van der Waals surface area contributed by atoms with Crippen molar-refractivity contribution >= 4 is 49.4 Å². The van der Waals surface area contributed by atoms with Gasteiger partial charge in [0, 0.05) is 21.6 Å². The highest BCUT2D eigenvalue weighted by atomic mass is 32.2. The number of furan rings is 1. The lowest BCUT2D eigenvalue weighted by molar-refractivity contribution is 0.0597. The fraction of sp³-hybridized carbons (Fsp3) is 0.200. The van der Waals surface area contributed by atoms with Gasteiger partial charge in [0.1, 0.15) is 16.9 Å². The predicted molar refractivity (Wildman–Crippen MR) is 128 cm³/mol. The molecular weight excluding hydrogens is 458 g/mol. The molecule has 9 heteroatoms. The molecule has 0 aliphatic carbocycles. The SMILES string of the molecule is COC(=O)c1c(C(C)(C)C)oc2c1cc(NS(=O)(=O)c1cccc(C(=O)O)c1)c1ccccc12. The van der Waals surface area contributed by atoms with E-state index >= 15 is 0 Å². The second kappa shape index (κ2) is 8.18. The number of nitrogens with one attached hydrogen (secondary N) is 1. The van der Waals surface area contributed by atoms with Crippen LogP contribution in [0.2, 0.25) is 0 Å². The van der Waals surface area contributed by atoms with E-state index < -0.39 is 27.4 Å². The predicted octanol–water partition coefficient (Wildman–Crippen LogP) is 5.17. The molecule has 4 rings (SSSR count). The molecule has 34 heavy (non-hydrogen) atoms. The topological polar surface area (TPSA) is 123 Å². The van der Waals surface area contributed by atoms with Crippen LogP contribution in [0.15, 0.2) is 63.9 Å². The zero-order valence-electron chi connectivity index (χ0n) is 19.0. The number of sulfonamides is 1. The highest BCUT2D eigenvalue weighted by molar-refractivity contribution is 7.92. The number of anilines is 1. The second-order valence-corrected chi connectivity index (χ2v) is 10.5. The van der Waals surface area contributed by atoms with Gasteiger partial charge in [0.05, 0.1) is 23.3 Å². The number of esters is 1. The molecule has 0 atom stereocenters. The first kappa shape index (κ1) is 23.3. The number of hydrogen-bond donors (Lipinski definition) is 2. The highest BCUT2D eigenvalue weighted by Crippen LogP contribution is 2.41. The molecule has 0 aliphatic heterocycles. The Morgan fingerprint density at radius 3 is 2.26 bits per heavy atom. The van der Waals surface area contributed by atoms with Crippen LogP contribution in [-0.2, 0) is 20.2 Å². The number of aromatic carboxylic acids is 1. The van der Waals surface area contributed by atoms with Crippen LogP contribution in [0.4, 0.5) is 5.69 Å². The van der Waals surface area contributed by atoms with Crippen LogP contribution < -0.4 is 4.72 Å². The quantitative estimate of drug-likeness (QED) is 0.377. The maximum Gasteiger partial charge on any atom is 0.342 e. The molecule has 0 radical (unpaired) electrons. The van der Waals surface area contributed by atoms with Gasteiger partial charge in [0.2, 0.25) is 0 Å². The van der Waals surface area contributed by atoms with Gasteiger partial charge in [-0.15, -0.1) is 0 Å². The first-order valence-electron chi connectivity index (χ1n) is 10.4. The number of carbonyl (C=O) groups is 2. The number of rotatable bonds is 5. The Bertz CT molecular complexity index is 1560. The molecule has 0 unspecified atom stereocenters. The molecular formula is C25H23NO7S. The third-order valence-electron chi connectivity index (χ3n) is 5.40. The van der Waals surface area contributed by atoms with Crippen molar-refractivity contribution < 1.29 is 32.3 Å². The van der Waals surface area contributed by atoms with Gasteiger partial charge in [-0.3, -0.25) is 4.72 Å². The van der Waals surface area contributed by atoms with Crippen molar-refractivity contribution in [2.75, 3.05) is 11.8 Å². The smallest absolute Gasteiger partial charge is 0.342 e. The molecule has 0 saturated heterocycles. The van der Waals surface area contributed by atoms with Crippen molar-refractivity contribution in [3.8, 4) is 0 Å². The number of fused-ring (bicyclic) bond motifs is 3. The minimum Gasteiger partial charge on any atom is -0.478 e. The molecule has 8 nitrogen and oxygen atoms in total. The largest absolute Gasteiger partial charge is 0.478 e. The highest BCUT2D eigenvalue weighted by Gasteiger charge is 2.31. The van der Waals surface area contributed by atoms with E-state index in [0.717, 1.165) is 6.07 Å². The summed E-state index contributed by atoms with van der Waals surface area (Å²) in [5.74, 6) is -1.41. The Morgan fingerprint density at radius 1 is 0.971 bits per heavy atom. The van der Waals surface area contributed by atoms with E-state index in [0.29, 0.717) is 27.5 Å². The lowest BCUT2D eigenvalue weighted by Crippen LogP contribution is -2.16. The molecule has 0 spiro atoms. The van der Waals surface area contributed by atoms with Crippen LogP contribution in [0.3, 0.4) is 0 Å².